The van der Waals surface area contributed by atoms with Gasteiger partial charge in [-0.15, -0.1) is 0 Å². The molecule has 1 aromatic carbocycles. The van der Waals surface area contributed by atoms with Crippen molar-refractivity contribution in [2.75, 3.05) is 0 Å². The minimum absolute atomic E-state index is 0.0917. The van der Waals surface area contributed by atoms with E-state index in [9.17, 15) is 4.39 Å². The molecule has 0 aliphatic rings. The Bertz CT molecular complexity index is 614. The molecule has 0 unspecified atom stereocenters. The third kappa shape index (κ3) is 3.21. The van der Waals surface area contributed by atoms with E-state index in [4.69, 9.17) is 10.9 Å². The van der Waals surface area contributed by atoms with Gasteiger partial charge in [0.05, 0.1) is 5.56 Å². The molecule has 0 aliphatic carbocycles. The second kappa shape index (κ2) is 5.98. The summed E-state index contributed by atoms with van der Waals surface area (Å²) in [7, 11) is 0. The average molecular weight is 298 g/mol. The lowest BCUT2D eigenvalue weighted by atomic mass is 10.1. The molecule has 0 saturated carbocycles. The number of hydrogen-bond acceptors (Lipinski definition) is 6. The molecule has 0 atom stereocenters. The first-order valence-corrected chi connectivity index (χ1v) is 7.06. The van der Waals surface area contributed by atoms with E-state index in [0.717, 1.165) is 4.34 Å². The van der Waals surface area contributed by atoms with Crippen LogP contribution in [0.4, 0.5) is 4.39 Å². The molecule has 0 bridgehead atoms. The highest BCUT2D eigenvalue weighted by molar-refractivity contribution is 8.00. The number of aryl methyl sites for hydroxylation is 1. The van der Waals surface area contributed by atoms with Gasteiger partial charge in [0.1, 0.15) is 11.6 Å². The van der Waals surface area contributed by atoms with Gasteiger partial charge in [-0.25, -0.2) is 9.37 Å². The van der Waals surface area contributed by atoms with E-state index in [1.165, 1.54) is 29.4 Å². The third-order valence-electron chi connectivity index (χ3n) is 2.32. The van der Waals surface area contributed by atoms with Crippen LogP contribution in [0.15, 0.2) is 27.7 Å². The van der Waals surface area contributed by atoms with Crippen molar-refractivity contribution in [2.45, 2.75) is 17.0 Å². The van der Waals surface area contributed by atoms with Crippen LogP contribution >= 0.6 is 23.3 Å². The maximum atomic E-state index is 14.1. The van der Waals surface area contributed by atoms with E-state index in [0.29, 0.717) is 17.1 Å². The van der Waals surface area contributed by atoms with Crippen molar-refractivity contribution in [1.82, 2.24) is 9.36 Å². The van der Waals surface area contributed by atoms with E-state index in [2.05, 4.69) is 14.5 Å². The second-order valence-electron chi connectivity index (χ2n) is 3.66. The molecule has 19 heavy (non-hydrogen) atoms. The fourth-order valence-electron chi connectivity index (χ4n) is 1.42. The summed E-state index contributed by atoms with van der Waals surface area (Å²) in [4.78, 5) is 4.19. The Kier molecular flexibility index (Phi) is 4.33. The van der Waals surface area contributed by atoms with Crippen molar-refractivity contribution in [3.63, 3.8) is 0 Å². The Morgan fingerprint density at radius 2 is 2.37 bits per heavy atom. The summed E-state index contributed by atoms with van der Waals surface area (Å²) in [6.45, 7) is 1.81. The van der Waals surface area contributed by atoms with E-state index in [-0.39, 0.29) is 11.4 Å². The molecule has 2 aromatic rings. The summed E-state index contributed by atoms with van der Waals surface area (Å²) in [6.07, 6.45) is 0. The highest BCUT2D eigenvalue weighted by Crippen LogP contribution is 2.26. The highest BCUT2D eigenvalue weighted by Gasteiger charge is 2.12. The minimum Gasteiger partial charge on any atom is -0.409 e. The predicted molar refractivity (Wildman–Crippen MR) is 73.1 cm³/mol. The monoisotopic (exact) mass is 298 g/mol. The number of nitrogens with two attached hydrogens (primary N) is 1. The zero-order valence-electron chi connectivity index (χ0n) is 10.00. The number of nitrogens with zero attached hydrogens (tertiary/aromatic N) is 3. The smallest absolute Gasteiger partial charge is 0.173 e. The van der Waals surface area contributed by atoms with Gasteiger partial charge in [-0.05, 0) is 30.1 Å². The minimum atomic E-state index is -0.480. The van der Waals surface area contributed by atoms with Gasteiger partial charge in [0.25, 0.3) is 0 Å². The van der Waals surface area contributed by atoms with Gasteiger partial charge in [0, 0.05) is 5.75 Å². The molecule has 0 radical (unpaired) electrons. The summed E-state index contributed by atoms with van der Waals surface area (Å²) < 4.78 is 18.9. The second-order valence-corrected chi connectivity index (χ2v) is 5.63. The highest BCUT2D eigenvalue weighted by atomic mass is 32.2. The van der Waals surface area contributed by atoms with Crippen molar-refractivity contribution in [1.29, 1.82) is 0 Å². The van der Waals surface area contributed by atoms with Crippen LogP contribution in [0, 0.1) is 12.7 Å². The number of benzene rings is 1. The van der Waals surface area contributed by atoms with Crippen LogP contribution in [0.25, 0.3) is 0 Å². The van der Waals surface area contributed by atoms with Gasteiger partial charge >= 0.3 is 0 Å². The van der Waals surface area contributed by atoms with Crippen molar-refractivity contribution in [3.8, 4) is 0 Å². The van der Waals surface area contributed by atoms with Crippen LogP contribution in [0.2, 0.25) is 0 Å². The average Bonchev–Trinajstić information content (AvgIpc) is 2.82. The molecule has 3 N–H and O–H groups in total. The van der Waals surface area contributed by atoms with Crippen molar-refractivity contribution >= 4 is 29.1 Å². The molecule has 0 spiro atoms. The van der Waals surface area contributed by atoms with Gasteiger partial charge in [-0.1, -0.05) is 29.1 Å². The van der Waals surface area contributed by atoms with Gasteiger partial charge < -0.3 is 10.9 Å². The van der Waals surface area contributed by atoms with E-state index < -0.39 is 5.82 Å². The summed E-state index contributed by atoms with van der Waals surface area (Å²) in [6, 6.07) is 4.79. The normalized spacial score (nSPS) is 11.8. The fourth-order valence-corrected chi connectivity index (χ4v) is 3.04. The topological polar surface area (TPSA) is 84.4 Å². The molecule has 0 amide bonds. The van der Waals surface area contributed by atoms with Crippen molar-refractivity contribution in [2.24, 2.45) is 10.9 Å². The number of amidine groups is 1. The maximum Gasteiger partial charge on any atom is 0.173 e. The molecular formula is C11H11FN4OS2. The lowest BCUT2D eigenvalue weighted by molar-refractivity contribution is 0.318. The molecule has 5 nitrogen and oxygen atoms in total. The SMILES string of the molecule is Cc1nsc(SCc2cccc(/C(N)=N/O)c2F)n1. The Morgan fingerprint density at radius 1 is 1.58 bits per heavy atom. The van der Waals surface area contributed by atoms with E-state index >= 15 is 0 Å². The predicted octanol–water partition coefficient (Wildman–Crippen LogP) is 2.37. The Balaban J connectivity index is 2.17. The number of aromatic nitrogens is 2. The number of rotatable bonds is 4. The molecule has 8 heteroatoms. The summed E-state index contributed by atoms with van der Waals surface area (Å²) in [5.41, 5.74) is 5.97. The molecule has 100 valence electrons. The van der Waals surface area contributed by atoms with Crippen LogP contribution in [0.1, 0.15) is 17.0 Å². The van der Waals surface area contributed by atoms with Crippen LogP contribution in [-0.2, 0) is 5.75 Å². The fraction of sp³-hybridized carbons (Fsp3) is 0.182. The number of hydrogen-bond donors (Lipinski definition) is 2. The largest absolute Gasteiger partial charge is 0.409 e. The van der Waals surface area contributed by atoms with Gasteiger partial charge in [0.2, 0.25) is 0 Å². The molecule has 1 heterocycles. The lowest BCUT2D eigenvalue weighted by Gasteiger charge is -2.06. The first kappa shape index (κ1) is 13.8. The summed E-state index contributed by atoms with van der Waals surface area (Å²) in [5, 5.41) is 11.4. The van der Waals surface area contributed by atoms with Crippen molar-refractivity contribution < 1.29 is 9.60 Å². The standard InChI is InChI=1S/C11H11FN4OS2/c1-6-14-11(19-16-6)18-5-7-3-2-4-8(9(7)12)10(13)15-17/h2-4,17H,5H2,1H3,(H2,13,15). The van der Waals surface area contributed by atoms with E-state index in [1.807, 2.05) is 0 Å². The number of oxime groups is 1. The first-order valence-electron chi connectivity index (χ1n) is 5.30. The summed E-state index contributed by atoms with van der Waals surface area (Å²) in [5.74, 6) is 0.397. The zero-order chi connectivity index (χ0) is 13.8. The quantitative estimate of drug-likeness (QED) is 0.298. The first-order chi connectivity index (χ1) is 9.11. The van der Waals surface area contributed by atoms with Crippen LogP contribution < -0.4 is 5.73 Å². The van der Waals surface area contributed by atoms with Crippen LogP contribution in [-0.4, -0.2) is 20.4 Å². The number of halogens is 1. The Labute approximate surface area is 117 Å². The lowest BCUT2D eigenvalue weighted by Crippen LogP contribution is -2.15. The Hall–Kier alpha value is -1.67. The van der Waals surface area contributed by atoms with Gasteiger partial charge in [-0.2, -0.15) is 4.37 Å². The van der Waals surface area contributed by atoms with Crippen LogP contribution in [0.3, 0.4) is 0 Å². The molecule has 1 aromatic heterocycles. The van der Waals surface area contributed by atoms with E-state index in [1.54, 1.807) is 19.1 Å². The molecule has 2 rings (SSSR count). The van der Waals surface area contributed by atoms with Gasteiger partial charge in [-0.3, -0.25) is 0 Å². The van der Waals surface area contributed by atoms with Gasteiger partial charge in [0.15, 0.2) is 10.2 Å². The Morgan fingerprint density at radius 3 is 3.00 bits per heavy atom. The molecule has 0 saturated heterocycles. The summed E-state index contributed by atoms with van der Waals surface area (Å²) >= 11 is 2.68. The molecular weight excluding hydrogens is 287 g/mol. The number of thioether (sulfide) groups is 1. The molecule has 0 fully saturated rings. The zero-order valence-corrected chi connectivity index (χ0v) is 11.6. The molecule has 0 aliphatic heterocycles. The van der Waals surface area contributed by atoms with Crippen LogP contribution in [0.5, 0.6) is 0 Å². The van der Waals surface area contributed by atoms with Crippen molar-refractivity contribution in [3.05, 3.63) is 41.0 Å². The maximum absolute atomic E-state index is 14.1. The third-order valence-corrected chi connectivity index (χ3v) is 4.30.